The second-order valence-corrected chi connectivity index (χ2v) is 11.1. The van der Waals surface area contributed by atoms with E-state index in [2.05, 4.69) is 20.8 Å². The highest BCUT2D eigenvalue weighted by Gasteiger charge is 2.26. The second kappa shape index (κ2) is 12.2. The molecule has 3 aromatic rings. The van der Waals surface area contributed by atoms with Crippen LogP contribution in [0.2, 0.25) is 5.02 Å². The summed E-state index contributed by atoms with van der Waals surface area (Å²) in [7, 11) is -3.48. The number of aliphatic hydroxyl groups is 1. The van der Waals surface area contributed by atoms with E-state index in [9.17, 15) is 13.7 Å². The highest BCUT2D eigenvalue weighted by Crippen LogP contribution is 2.38. The van der Waals surface area contributed by atoms with Gasteiger partial charge >= 0.3 is 0 Å². The number of rotatable bonds is 12. The molecule has 0 radical (unpaired) electrons. The Balaban J connectivity index is 1.72. The van der Waals surface area contributed by atoms with Gasteiger partial charge in [-0.2, -0.15) is 5.26 Å². The summed E-state index contributed by atoms with van der Waals surface area (Å²) in [5.41, 5.74) is 2.25. The number of nitrogens with zero attached hydrogens (tertiary/aromatic N) is 3. The van der Waals surface area contributed by atoms with Crippen LogP contribution in [0.4, 0.5) is 5.95 Å². The quantitative estimate of drug-likeness (QED) is 0.320. The topological polar surface area (TPSA) is 134 Å². The normalized spacial score (nSPS) is 11.6. The summed E-state index contributed by atoms with van der Waals surface area (Å²) in [6.07, 6.45) is 3.76. The van der Waals surface area contributed by atoms with Gasteiger partial charge in [-0.1, -0.05) is 37.6 Å². The fraction of sp³-hybridized carbons (Fsp3) is 0.346. The van der Waals surface area contributed by atoms with Crippen LogP contribution in [0.15, 0.2) is 48.7 Å². The van der Waals surface area contributed by atoms with Gasteiger partial charge in [0.15, 0.2) is 5.75 Å². The standard InChI is InChI=1S/C26H29ClN4O5S/c1-26(2,20-14-18(16-28)24(23(27)15-20)35-13-5-4-12-32)19-6-8-22(9-7-19)36-17-21-10-11-29-25(30-21)31-37(3,33)34/h6-11,14-15,32H,4-5,12-13,17H2,1-3H3,(H,29,30,31). The number of aromatic nitrogens is 2. The molecule has 0 unspecified atom stereocenters. The van der Waals surface area contributed by atoms with Crippen LogP contribution in [-0.2, 0) is 22.0 Å². The smallest absolute Gasteiger partial charge is 0.236 e. The van der Waals surface area contributed by atoms with Crippen molar-refractivity contribution in [2.24, 2.45) is 0 Å². The maximum Gasteiger partial charge on any atom is 0.236 e. The number of aliphatic hydroxyl groups excluding tert-OH is 1. The van der Waals surface area contributed by atoms with Crippen LogP contribution in [-0.4, -0.2) is 43.0 Å². The van der Waals surface area contributed by atoms with Crippen molar-refractivity contribution in [1.29, 1.82) is 5.26 Å². The molecule has 0 fully saturated rings. The first kappa shape index (κ1) is 28.2. The minimum absolute atomic E-state index is 0.0160. The van der Waals surface area contributed by atoms with Crippen LogP contribution < -0.4 is 14.2 Å². The molecule has 196 valence electrons. The van der Waals surface area contributed by atoms with Crippen molar-refractivity contribution < 1.29 is 23.0 Å². The predicted molar refractivity (Wildman–Crippen MR) is 141 cm³/mol. The molecule has 0 bridgehead atoms. The van der Waals surface area contributed by atoms with Gasteiger partial charge < -0.3 is 14.6 Å². The van der Waals surface area contributed by atoms with Gasteiger partial charge in [-0.3, -0.25) is 4.72 Å². The van der Waals surface area contributed by atoms with Crippen LogP contribution in [0.5, 0.6) is 11.5 Å². The summed E-state index contributed by atoms with van der Waals surface area (Å²) >= 11 is 6.50. The molecule has 0 aliphatic heterocycles. The average Bonchev–Trinajstić information content (AvgIpc) is 2.85. The third-order valence-corrected chi connectivity index (χ3v) is 6.47. The number of nitriles is 1. The van der Waals surface area contributed by atoms with Gasteiger partial charge in [-0.15, -0.1) is 0 Å². The molecule has 0 aliphatic rings. The third kappa shape index (κ3) is 7.79. The van der Waals surface area contributed by atoms with Gasteiger partial charge in [0.1, 0.15) is 18.4 Å². The summed E-state index contributed by atoms with van der Waals surface area (Å²) in [5, 5.41) is 19.0. The number of sulfonamides is 1. The van der Waals surface area contributed by atoms with E-state index < -0.39 is 15.4 Å². The second-order valence-electron chi connectivity index (χ2n) is 8.91. The molecule has 2 N–H and O–H groups in total. The molecule has 37 heavy (non-hydrogen) atoms. The van der Waals surface area contributed by atoms with Crippen LogP contribution >= 0.6 is 11.6 Å². The number of ether oxygens (including phenoxy) is 2. The molecule has 11 heteroatoms. The molecule has 0 amide bonds. The molecule has 0 atom stereocenters. The maximum absolute atomic E-state index is 11.4. The zero-order valence-electron chi connectivity index (χ0n) is 20.9. The van der Waals surface area contributed by atoms with Gasteiger partial charge in [-0.05, 0) is 54.3 Å². The van der Waals surface area contributed by atoms with E-state index in [1.807, 2.05) is 44.2 Å². The molecular formula is C26H29ClN4O5S. The van der Waals surface area contributed by atoms with E-state index in [0.717, 1.165) is 17.4 Å². The Kier molecular flexibility index (Phi) is 9.32. The lowest BCUT2D eigenvalue weighted by Gasteiger charge is -2.27. The first-order valence-electron chi connectivity index (χ1n) is 11.5. The van der Waals surface area contributed by atoms with Crippen molar-refractivity contribution in [1.82, 2.24) is 9.97 Å². The molecule has 2 aromatic carbocycles. The SMILES string of the molecule is CC(C)(c1ccc(OCc2ccnc(NS(C)(=O)=O)n2)cc1)c1cc(Cl)c(OCCCCO)c(C#N)c1. The van der Waals surface area contributed by atoms with E-state index in [0.29, 0.717) is 47.2 Å². The van der Waals surface area contributed by atoms with Gasteiger partial charge in [0.05, 0.1) is 29.1 Å². The lowest BCUT2D eigenvalue weighted by atomic mass is 9.77. The van der Waals surface area contributed by atoms with Crippen LogP contribution in [0.1, 0.15) is 49.1 Å². The summed E-state index contributed by atoms with van der Waals surface area (Å²) < 4.78 is 36.5. The number of anilines is 1. The fourth-order valence-electron chi connectivity index (χ4n) is 3.56. The van der Waals surface area contributed by atoms with E-state index in [1.54, 1.807) is 12.1 Å². The molecule has 0 spiro atoms. The molecule has 9 nitrogen and oxygen atoms in total. The Morgan fingerprint density at radius 1 is 1.11 bits per heavy atom. The fourth-order valence-corrected chi connectivity index (χ4v) is 4.26. The van der Waals surface area contributed by atoms with Crippen LogP contribution in [0, 0.1) is 11.3 Å². The number of hydrogen-bond acceptors (Lipinski definition) is 8. The number of benzene rings is 2. The van der Waals surface area contributed by atoms with Crippen molar-refractivity contribution in [2.75, 3.05) is 24.2 Å². The first-order chi connectivity index (χ1) is 17.5. The maximum atomic E-state index is 11.4. The Hall–Kier alpha value is -3.39. The van der Waals surface area contributed by atoms with Gasteiger partial charge in [0.2, 0.25) is 16.0 Å². The lowest BCUT2D eigenvalue weighted by Crippen LogP contribution is -2.19. The number of unbranched alkanes of at least 4 members (excludes halogenated alkanes) is 1. The molecule has 0 aliphatic carbocycles. The molecule has 0 saturated carbocycles. The number of halogens is 1. The Morgan fingerprint density at radius 3 is 2.49 bits per heavy atom. The Morgan fingerprint density at radius 2 is 1.84 bits per heavy atom. The zero-order valence-corrected chi connectivity index (χ0v) is 22.4. The monoisotopic (exact) mass is 544 g/mol. The average molecular weight is 545 g/mol. The highest BCUT2D eigenvalue weighted by molar-refractivity contribution is 7.91. The number of nitrogens with one attached hydrogen (secondary N) is 1. The molecular weight excluding hydrogens is 516 g/mol. The van der Waals surface area contributed by atoms with Gasteiger partial charge in [0, 0.05) is 18.2 Å². The minimum Gasteiger partial charge on any atom is -0.491 e. The largest absolute Gasteiger partial charge is 0.491 e. The third-order valence-electron chi connectivity index (χ3n) is 5.64. The van der Waals surface area contributed by atoms with Gasteiger partial charge in [-0.25, -0.2) is 18.4 Å². The van der Waals surface area contributed by atoms with E-state index in [1.165, 1.54) is 6.20 Å². The van der Waals surface area contributed by atoms with Crippen molar-refractivity contribution in [2.45, 2.75) is 38.7 Å². The summed E-state index contributed by atoms with van der Waals surface area (Å²) in [5.74, 6) is 0.945. The summed E-state index contributed by atoms with van der Waals surface area (Å²) in [4.78, 5) is 8.03. The van der Waals surface area contributed by atoms with Crippen molar-refractivity contribution >= 4 is 27.6 Å². The van der Waals surface area contributed by atoms with Crippen LogP contribution in [0.3, 0.4) is 0 Å². The lowest BCUT2D eigenvalue weighted by molar-refractivity contribution is 0.253. The summed E-state index contributed by atoms with van der Waals surface area (Å²) in [6, 6.07) is 14.9. The van der Waals surface area contributed by atoms with Gasteiger partial charge in [0.25, 0.3) is 0 Å². The van der Waals surface area contributed by atoms with E-state index >= 15 is 0 Å². The van der Waals surface area contributed by atoms with Crippen molar-refractivity contribution in [3.8, 4) is 17.6 Å². The molecule has 0 saturated heterocycles. The molecule has 1 heterocycles. The zero-order chi connectivity index (χ0) is 27.1. The first-order valence-corrected chi connectivity index (χ1v) is 13.8. The predicted octanol–water partition coefficient (Wildman–Crippen LogP) is 4.43. The summed E-state index contributed by atoms with van der Waals surface area (Å²) in [6.45, 7) is 4.65. The Bertz CT molecular complexity index is 1370. The minimum atomic E-state index is -3.48. The van der Waals surface area contributed by atoms with Crippen LogP contribution in [0.25, 0.3) is 0 Å². The van der Waals surface area contributed by atoms with Crippen molar-refractivity contribution in [3.63, 3.8) is 0 Å². The van der Waals surface area contributed by atoms with E-state index in [4.69, 9.17) is 26.2 Å². The molecule has 3 rings (SSSR count). The van der Waals surface area contributed by atoms with Crippen molar-refractivity contribution in [3.05, 3.63) is 76.1 Å². The Labute approximate surface area is 222 Å². The highest BCUT2D eigenvalue weighted by atomic mass is 35.5. The van der Waals surface area contributed by atoms with E-state index in [-0.39, 0.29) is 19.2 Å². The molecule has 1 aromatic heterocycles. The number of hydrogen-bond donors (Lipinski definition) is 2.